The summed E-state index contributed by atoms with van der Waals surface area (Å²) in [4.78, 5) is 6.91. The van der Waals surface area contributed by atoms with Gasteiger partial charge in [-0.3, -0.25) is 0 Å². The Bertz CT molecular complexity index is 5330. The molecule has 0 unspecified atom stereocenters. The standard InChI is InChI=1S/C79H43N7O2/c80-44-48-34-38-53(39-35-48)85(69-32-14-26-61-59-24-12-16-50(46-82)75(59)87-77(61)69)71-42-65-73(57-22-6-4-20-55(57)71)74-58-23-7-5-21-56(58)72(43-66(74)79(65)63-28-8-10-30-67(63)84(52-18-2-1-3-19-52)68-31-11-9-29-64(68)79)86(54-40-36-49(45-81)37-41-54)70-33-15-27-62-60-25-13-17-51(47-83)76(60)88-78(62)70/h1-43H. The van der Waals surface area contributed by atoms with Crippen molar-refractivity contribution in [3.8, 4) is 35.4 Å². The van der Waals surface area contributed by atoms with E-state index in [1.807, 2.05) is 97.1 Å². The highest BCUT2D eigenvalue weighted by Gasteiger charge is 2.54. The molecule has 1 aliphatic carbocycles. The van der Waals surface area contributed by atoms with Crippen LogP contribution in [-0.2, 0) is 5.41 Å². The molecule has 1 aliphatic heterocycles. The van der Waals surface area contributed by atoms with Gasteiger partial charge >= 0.3 is 0 Å². The van der Waals surface area contributed by atoms with E-state index < -0.39 is 5.41 Å². The lowest BCUT2D eigenvalue weighted by Crippen LogP contribution is -2.36. The Kier molecular flexibility index (Phi) is 10.9. The highest BCUT2D eigenvalue weighted by Crippen LogP contribution is 2.67. The van der Waals surface area contributed by atoms with Crippen molar-refractivity contribution in [1.82, 2.24) is 0 Å². The van der Waals surface area contributed by atoms with E-state index >= 15 is 0 Å². The Morgan fingerprint density at radius 3 is 1.11 bits per heavy atom. The average molecular weight is 1120 g/mol. The van der Waals surface area contributed by atoms with Crippen molar-refractivity contribution in [3.63, 3.8) is 0 Å². The largest absolute Gasteiger partial charge is 0.452 e. The van der Waals surface area contributed by atoms with Gasteiger partial charge in [-0.2, -0.15) is 21.0 Å². The predicted octanol–water partition coefficient (Wildman–Crippen LogP) is 20.4. The van der Waals surface area contributed by atoms with Crippen molar-refractivity contribution in [2.45, 2.75) is 5.41 Å². The van der Waals surface area contributed by atoms with Crippen molar-refractivity contribution in [1.29, 1.82) is 21.0 Å². The van der Waals surface area contributed by atoms with Gasteiger partial charge in [0.15, 0.2) is 22.3 Å². The number of hydrogen-bond donors (Lipinski definition) is 0. The molecule has 9 nitrogen and oxygen atoms in total. The quantitative estimate of drug-likeness (QED) is 0.153. The van der Waals surface area contributed by atoms with Gasteiger partial charge in [-0.1, -0.05) is 152 Å². The molecule has 15 aromatic rings. The van der Waals surface area contributed by atoms with Gasteiger partial charge in [0.05, 0.1) is 73.9 Å². The van der Waals surface area contributed by atoms with Crippen LogP contribution in [0.25, 0.3) is 76.5 Å². The molecule has 0 saturated carbocycles. The summed E-state index contributed by atoms with van der Waals surface area (Å²) >= 11 is 0. The van der Waals surface area contributed by atoms with Gasteiger partial charge in [0.25, 0.3) is 0 Å². The van der Waals surface area contributed by atoms with E-state index in [2.05, 4.69) is 191 Å². The number of hydrogen-bond acceptors (Lipinski definition) is 9. The molecule has 406 valence electrons. The van der Waals surface area contributed by atoms with E-state index in [1.54, 1.807) is 12.1 Å². The Hall–Kier alpha value is -12.7. The summed E-state index contributed by atoms with van der Waals surface area (Å²) in [6, 6.07) is 98.9. The highest BCUT2D eigenvalue weighted by molar-refractivity contribution is 6.21. The second-order valence-corrected chi connectivity index (χ2v) is 22.3. The lowest BCUT2D eigenvalue weighted by atomic mass is 9.64. The average Bonchev–Trinajstić information content (AvgIpc) is 1.45. The van der Waals surface area contributed by atoms with Gasteiger partial charge in [-0.05, 0) is 153 Å². The topological polar surface area (TPSA) is 131 Å². The van der Waals surface area contributed by atoms with Gasteiger partial charge in [0.2, 0.25) is 0 Å². The van der Waals surface area contributed by atoms with E-state index in [0.717, 1.165) is 128 Å². The van der Waals surface area contributed by atoms with E-state index in [0.29, 0.717) is 44.6 Å². The van der Waals surface area contributed by atoms with Gasteiger partial charge < -0.3 is 23.5 Å². The first-order chi connectivity index (χ1) is 43.5. The predicted molar refractivity (Wildman–Crippen MR) is 350 cm³/mol. The van der Waals surface area contributed by atoms with Crippen LogP contribution in [0.5, 0.6) is 0 Å². The minimum atomic E-state index is -1.05. The number of nitriles is 4. The third kappa shape index (κ3) is 6.93. The van der Waals surface area contributed by atoms with E-state index in [4.69, 9.17) is 8.83 Å². The van der Waals surface area contributed by atoms with Gasteiger partial charge in [0, 0.05) is 49.4 Å². The summed E-state index contributed by atoms with van der Waals surface area (Å²) in [7, 11) is 0. The van der Waals surface area contributed by atoms with Crippen LogP contribution in [-0.4, -0.2) is 0 Å². The second-order valence-electron chi connectivity index (χ2n) is 22.3. The number of anilines is 9. The lowest BCUT2D eigenvalue weighted by molar-refractivity contribution is 0.667. The summed E-state index contributed by atoms with van der Waals surface area (Å²) in [5.41, 5.74) is 17.5. The number of para-hydroxylation sites is 7. The Balaban J connectivity index is 1.04. The molecule has 2 aliphatic rings. The molecule has 17 rings (SSSR count). The zero-order valence-corrected chi connectivity index (χ0v) is 46.8. The number of fused-ring (bicyclic) bond motifs is 19. The summed E-state index contributed by atoms with van der Waals surface area (Å²) in [6.07, 6.45) is 0. The summed E-state index contributed by atoms with van der Waals surface area (Å²) < 4.78 is 13.9. The monoisotopic (exact) mass is 1120 g/mol. The van der Waals surface area contributed by atoms with Gasteiger partial charge in [0.1, 0.15) is 12.1 Å². The van der Waals surface area contributed by atoms with E-state index in [9.17, 15) is 21.0 Å². The molecule has 0 saturated heterocycles. The van der Waals surface area contributed by atoms with Crippen LogP contribution in [0.1, 0.15) is 44.5 Å². The Morgan fingerprint density at radius 1 is 0.307 bits per heavy atom. The van der Waals surface area contributed by atoms with Crippen LogP contribution in [0.2, 0.25) is 0 Å². The maximum Gasteiger partial charge on any atom is 0.159 e. The number of furan rings is 2. The molecule has 0 radical (unpaired) electrons. The zero-order chi connectivity index (χ0) is 58.8. The third-order valence-electron chi connectivity index (χ3n) is 17.9. The summed E-state index contributed by atoms with van der Waals surface area (Å²) in [5.74, 6) is 0. The van der Waals surface area contributed by atoms with Crippen LogP contribution >= 0.6 is 0 Å². The molecule has 0 amide bonds. The SMILES string of the molecule is N#Cc1ccc(N(c2cc3c(c4ccccc24)-c2c(cc(N(c4ccc(C#N)cc4)c4cccc5c4oc4c(C#N)cccc45)c4ccccc24)C32c3ccccc3N(c3ccccc3)c3ccccc32)c2cccc3c2oc2c(C#N)cccc23)cc1. The fourth-order valence-electron chi connectivity index (χ4n) is 14.4. The highest BCUT2D eigenvalue weighted by atomic mass is 16.3. The van der Waals surface area contributed by atoms with Crippen LogP contribution < -0.4 is 14.7 Å². The van der Waals surface area contributed by atoms with Crippen LogP contribution in [0, 0.1) is 45.3 Å². The fraction of sp³-hybridized carbons (Fsp3) is 0.0127. The molecule has 3 heterocycles. The molecule has 1 spiro atoms. The maximum atomic E-state index is 10.4. The third-order valence-corrected chi connectivity index (χ3v) is 17.9. The van der Waals surface area contributed by atoms with Crippen molar-refractivity contribution in [3.05, 3.63) is 305 Å². The minimum Gasteiger partial charge on any atom is -0.452 e. The molecule has 2 aromatic heterocycles. The number of rotatable bonds is 7. The molecule has 0 atom stereocenters. The van der Waals surface area contributed by atoms with Crippen molar-refractivity contribution < 1.29 is 8.83 Å². The van der Waals surface area contributed by atoms with Crippen LogP contribution in [0.4, 0.5) is 51.2 Å². The van der Waals surface area contributed by atoms with Crippen LogP contribution in [0.15, 0.2) is 270 Å². The smallest absolute Gasteiger partial charge is 0.159 e. The molecule has 13 aromatic carbocycles. The number of benzene rings is 13. The molecule has 88 heavy (non-hydrogen) atoms. The molecule has 0 bridgehead atoms. The van der Waals surface area contributed by atoms with Gasteiger partial charge in [-0.25, -0.2) is 0 Å². The molecular formula is C79H43N7O2. The van der Waals surface area contributed by atoms with Crippen molar-refractivity contribution in [2.24, 2.45) is 0 Å². The number of nitrogens with zero attached hydrogens (tertiary/aromatic N) is 7. The van der Waals surface area contributed by atoms with Gasteiger partial charge in [-0.15, -0.1) is 0 Å². The second kappa shape index (κ2) is 19.2. The molecular weight excluding hydrogens is 1080 g/mol. The summed E-state index contributed by atoms with van der Waals surface area (Å²) in [5, 5.41) is 48.7. The van der Waals surface area contributed by atoms with E-state index in [-0.39, 0.29) is 0 Å². The first kappa shape index (κ1) is 49.9. The minimum absolute atomic E-state index is 0.443. The van der Waals surface area contributed by atoms with Crippen molar-refractivity contribution in [2.75, 3.05) is 14.7 Å². The normalized spacial score (nSPS) is 12.6. The summed E-state index contributed by atoms with van der Waals surface area (Å²) in [6.45, 7) is 0. The molecule has 0 fully saturated rings. The van der Waals surface area contributed by atoms with Crippen molar-refractivity contribution >= 4 is 117 Å². The maximum absolute atomic E-state index is 10.4. The molecule has 0 N–H and O–H groups in total. The first-order valence-corrected chi connectivity index (χ1v) is 29.0. The first-order valence-electron chi connectivity index (χ1n) is 29.0. The van der Waals surface area contributed by atoms with Crippen LogP contribution in [0.3, 0.4) is 0 Å². The Labute approximate surface area is 504 Å². The fourth-order valence-corrected chi connectivity index (χ4v) is 14.4. The zero-order valence-electron chi connectivity index (χ0n) is 46.8. The lowest BCUT2D eigenvalue weighted by Gasteiger charge is -2.45. The van der Waals surface area contributed by atoms with E-state index in [1.165, 1.54) is 0 Å². The molecule has 9 heteroatoms. The Morgan fingerprint density at radius 2 is 0.682 bits per heavy atom.